The van der Waals surface area contributed by atoms with Crippen molar-refractivity contribution in [3.8, 4) is 11.5 Å². The van der Waals surface area contributed by atoms with Gasteiger partial charge in [-0.15, -0.1) is 0 Å². The van der Waals surface area contributed by atoms with Crippen LogP contribution in [0.5, 0.6) is 11.5 Å². The number of benzene rings is 1. The monoisotopic (exact) mass is 404 g/mol. The maximum atomic E-state index is 12.9. The molecule has 3 rings (SSSR count). The molecule has 7 nitrogen and oxygen atoms in total. The summed E-state index contributed by atoms with van der Waals surface area (Å²) in [4.78, 5) is 38.5. The van der Waals surface area contributed by atoms with Crippen LogP contribution in [-0.4, -0.2) is 42.5 Å². The van der Waals surface area contributed by atoms with Crippen LogP contribution in [0.1, 0.15) is 31.2 Å². The molecule has 8 heteroatoms. The van der Waals surface area contributed by atoms with Crippen molar-refractivity contribution in [1.29, 1.82) is 0 Å². The number of imide groups is 2. The number of urea groups is 1. The van der Waals surface area contributed by atoms with E-state index >= 15 is 0 Å². The number of halogens is 1. The van der Waals surface area contributed by atoms with Gasteiger partial charge in [0.2, 0.25) is 0 Å². The molecule has 28 heavy (non-hydrogen) atoms. The summed E-state index contributed by atoms with van der Waals surface area (Å²) in [6.45, 7) is 3.83. The molecule has 1 saturated carbocycles. The van der Waals surface area contributed by atoms with Crippen LogP contribution < -0.4 is 14.8 Å². The Morgan fingerprint density at radius 2 is 2.00 bits per heavy atom. The Morgan fingerprint density at radius 3 is 2.64 bits per heavy atom. The zero-order valence-electron chi connectivity index (χ0n) is 15.5. The van der Waals surface area contributed by atoms with Gasteiger partial charge in [0.05, 0.1) is 12.1 Å². The first kappa shape index (κ1) is 19.9. The third-order valence-electron chi connectivity index (χ3n) is 4.73. The lowest BCUT2D eigenvalue weighted by atomic mass is 10.0. The van der Waals surface area contributed by atoms with Crippen LogP contribution in [0.4, 0.5) is 4.79 Å². The van der Waals surface area contributed by atoms with Crippen molar-refractivity contribution in [2.45, 2.75) is 31.7 Å². The first-order chi connectivity index (χ1) is 13.5. The summed E-state index contributed by atoms with van der Waals surface area (Å²) in [6, 6.07) is 2.32. The maximum Gasteiger partial charge on any atom is 0.331 e. The van der Waals surface area contributed by atoms with Crippen LogP contribution in [0.25, 0.3) is 6.08 Å². The largest absolute Gasteiger partial charge is 0.493 e. The number of amides is 4. The summed E-state index contributed by atoms with van der Waals surface area (Å²) < 4.78 is 10.8. The first-order valence-corrected chi connectivity index (χ1v) is 9.35. The number of ether oxygens (including phenoxy) is 2. The molecule has 1 heterocycles. The highest BCUT2D eigenvalue weighted by Crippen LogP contribution is 2.37. The highest BCUT2D eigenvalue weighted by atomic mass is 35.5. The van der Waals surface area contributed by atoms with E-state index in [2.05, 4.69) is 11.9 Å². The molecule has 0 spiro atoms. The number of methoxy groups -OCH3 is 1. The predicted octanol–water partition coefficient (Wildman–Crippen LogP) is 3.32. The smallest absolute Gasteiger partial charge is 0.331 e. The standard InChI is InChI=1S/C20H21ClN2O5/c1-3-8-28-17-15(21)10-12(11-16(17)27-2)9-14-18(24)22-20(26)23(19(14)25)13-6-4-5-7-13/h3,9-11,13H,1,4-8H2,2H3,(H,22,24,26)/b14-9+. The first-order valence-electron chi connectivity index (χ1n) is 8.98. The van der Waals surface area contributed by atoms with E-state index in [0.29, 0.717) is 17.1 Å². The van der Waals surface area contributed by atoms with Gasteiger partial charge in [0.1, 0.15) is 12.2 Å². The van der Waals surface area contributed by atoms with Gasteiger partial charge >= 0.3 is 6.03 Å². The van der Waals surface area contributed by atoms with E-state index in [0.717, 1.165) is 30.6 Å². The van der Waals surface area contributed by atoms with Crippen LogP contribution in [0.2, 0.25) is 5.02 Å². The minimum absolute atomic E-state index is 0.121. The third kappa shape index (κ3) is 3.89. The molecule has 1 aromatic rings. The molecule has 0 bridgehead atoms. The number of nitrogens with one attached hydrogen (secondary N) is 1. The SMILES string of the molecule is C=CCOc1c(Cl)cc(/C=C2\C(=O)NC(=O)N(C3CCCC3)C2=O)cc1OC. The van der Waals surface area contributed by atoms with Crippen molar-refractivity contribution in [3.63, 3.8) is 0 Å². The van der Waals surface area contributed by atoms with E-state index in [9.17, 15) is 14.4 Å². The number of rotatable bonds is 6. The summed E-state index contributed by atoms with van der Waals surface area (Å²) in [6.07, 6.45) is 6.37. The molecule has 1 N–H and O–H groups in total. The lowest BCUT2D eigenvalue weighted by Gasteiger charge is -2.31. The Balaban J connectivity index is 1.95. The highest BCUT2D eigenvalue weighted by Gasteiger charge is 2.40. The molecular formula is C20H21ClN2O5. The van der Waals surface area contributed by atoms with Gasteiger partial charge in [0, 0.05) is 6.04 Å². The molecule has 0 aromatic heterocycles. The summed E-state index contributed by atoms with van der Waals surface area (Å²) in [5.41, 5.74) is 0.358. The number of hydrogen-bond donors (Lipinski definition) is 1. The molecule has 0 radical (unpaired) electrons. The number of carbonyl (C=O) groups is 3. The Hall–Kier alpha value is -2.80. The van der Waals surface area contributed by atoms with Crippen molar-refractivity contribution in [3.05, 3.63) is 40.9 Å². The fourth-order valence-electron chi connectivity index (χ4n) is 3.44. The minimum Gasteiger partial charge on any atom is -0.493 e. The number of hydrogen-bond acceptors (Lipinski definition) is 5. The molecule has 4 amide bonds. The minimum atomic E-state index is -0.730. The van der Waals surface area contributed by atoms with Gasteiger partial charge in [-0.2, -0.15) is 0 Å². The van der Waals surface area contributed by atoms with Crippen LogP contribution in [0.3, 0.4) is 0 Å². The Morgan fingerprint density at radius 1 is 1.29 bits per heavy atom. The van der Waals surface area contributed by atoms with E-state index in [1.54, 1.807) is 18.2 Å². The zero-order chi connectivity index (χ0) is 20.3. The predicted molar refractivity (Wildman–Crippen MR) is 104 cm³/mol. The molecule has 1 aliphatic carbocycles. The lowest BCUT2D eigenvalue weighted by molar-refractivity contribution is -0.131. The van der Waals surface area contributed by atoms with E-state index < -0.39 is 17.8 Å². The van der Waals surface area contributed by atoms with Crippen molar-refractivity contribution >= 4 is 35.5 Å². The number of nitrogens with zero attached hydrogens (tertiary/aromatic N) is 1. The molecule has 2 fully saturated rings. The fraction of sp³-hybridized carbons (Fsp3) is 0.350. The summed E-state index contributed by atoms with van der Waals surface area (Å²) in [5.74, 6) is -0.629. The van der Waals surface area contributed by atoms with Gasteiger partial charge in [-0.25, -0.2) is 4.79 Å². The lowest BCUT2D eigenvalue weighted by Crippen LogP contribution is -2.57. The number of barbiturate groups is 1. The zero-order valence-corrected chi connectivity index (χ0v) is 16.3. The normalized spacial score (nSPS) is 19.1. The van der Waals surface area contributed by atoms with Gasteiger partial charge < -0.3 is 9.47 Å². The van der Waals surface area contributed by atoms with Crippen molar-refractivity contribution in [1.82, 2.24) is 10.2 Å². The van der Waals surface area contributed by atoms with Gasteiger partial charge in [-0.1, -0.05) is 37.1 Å². The van der Waals surface area contributed by atoms with Crippen LogP contribution in [0, 0.1) is 0 Å². The van der Waals surface area contributed by atoms with Crippen LogP contribution in [-0.2, 0) is 9.59 Å². The van der Waals surface area contributed by atoms with E-state index in [1.165, 1.54) is 13.2 Å². The second-order valence-corrected chi connectivity index (χ2v) is 6.97. The topological polar surface area (TPSA) is 84.9 Å². The average Bonchev–Trinajstić information content (AvgIpc) is 3.18. The second-order valence-electron chi connectivity index (χ2n) is 6.56. The molecule has 0 unspecified atom stereocenters. The highest BCUT2D eigenvalue weighted by molar-refractivity contribution is 6.33. The molecular weight excluding hydrogens is 384 g/mol. The quantitative estimate of drug-likeness (QED) is 0.446. The summed E-state index contributed by atoms with van der Waals surface area (Å²) >= 11 is 6.28. The van der Waals surface area contributed by atoms with E-state index in [1.807, 2.05) is 0 Å². The van der Waals surface area contributed by atoms with Gasteiger partial charge in [-0.3, -0.25) is 19.8 Å². The Labute approximate surface area is 167 Å². The van der Waals surface area contributed by atoms with Crippen LogP contribution in [0.15, 0.2) is 30.4 Å². The van der Waals surface area contributed by atoms with E-state index in [-0.39, 0.29) is 23.2 Å². The molecule has 1 aliphatic heterocycles. The maximum absolute atomic E-state index is 12.9. The molecule has 148 valence electrons. The summed E-state index contributed by atoms with van der Waals surface area (Å²) in [5, 5.41) is 2.51. The second kappa shape index (κ2) is 8.48. The molecule has 1 aromatic carbocycles. The Bertz CT molecular complexity index is 858. The van der Waals surface area contributed by atoms with E-state index in [4.69, 9.17) is 21.1 Å². The van der Waals surface area contributed by atoms with Crippen molar-refractivity contribution < 1.29 is 23.9 Å². The van der Waals surface area contributed by atoms with Crippen molar-refractivity contribution in [2.75, 3.05) is 13.7 Å². The van der Waals surface area contributed by atoms with Gasteiger partial charge in [-0.05, 0) is 36.6 Å². The van der Waals surface area contributed by atoms with Gasteiger partial charge in [0.25, 0.3) is 11.8 Å². The Kier molecular flexibility index (Phi) is 6.04. The van der Waals surface area contributed by atoms with Crippen molar-refractivity contribution in [2.24, 2.45) is 0 Å². The van der Waals surface area contributed by atoms with Crippen LogP contribution >= 0.6 is 11.6 Å². The average molecular weight is 405 g/mol. The summed E-state index contributed by atoms with van der Waals surface area (Å²) in [7, 11) is 1.46. The fourth-order valence-corrected chi connectivity index (χ4v) is 3.71. The molecule has 1 saturated heterocycles. The third-order valence-corrected chi connectivity index (χ3v) is 5.01. The van der Waals surface area contributed by atoms with Gasteiger partial charge in [0.15, 0.2) is 11.5 Å². The molecule has 0 atom stereocenters. The number of carbonyl (C=O) groups excluding carboxylic acids is 3. The molecule has 2 aliphatic rings.